The highest BCUT2D eigenvalue weighted by Gasteiger charge is 2.42. The van der Waals surface area contributed by atoms with Crippen molar-refractivity contribution in [1.29, 1.82) is 0 Å². The van der Waals surface area contributed by atoms with Crippen LogP contribution in [0.2, 0.25) is 10.0 Å². The van der Waals surface area contributed by atoms with Gasteiger partial charge in [0.1, 0.15) is 23.8 Å². The molecule has 5 aromatic rings. The molecular weight excluding hydrogens is 545 g/mol. The van der Waals surface area contributed by atoms with Gasteiger partial charge in [-0.05, 0) is 65.2 Å². The van der Waals surface area contributed by atoms with Crippen molar-refractivity contribution in [1.82, 2.24) is 15.1 Å². The predicted octanol–water partition coefficient (Wildman–Crippen LogP) is 7.72. The molecule has 6 nitrogen and oxygen atoms in total. The van der Waals surface area contributed by atoms with Crippen molar-refractivity contribution in [2.24, 2.45) is 0 Å². The molecule has 1 aromatic heterocycles. The minimum atomic E-state index is -0.348. The average Bonchev–Trinajstić information content (AvgIpc) is 3.53. The average molecular weight is 570 g/mol. The van der Waals surface area contributed by atoms with E-state index in [1.54, 1.807) is 7.11 Å². The van der Waals surface area contributed by atoms with Gasteiger partial charge in [0.2, 0.25) is 0 Å². The maximum atomic E-state index is 13.7. The third kappa shape index (κ3) is 5.16. The number of nitrogens with zero attached hydrogens (tertiary/aromatic N) is 2. The van der Waals surface area contributed by atoms with Crippen molar-refractivity contribution in [2.45, 2.75) is 19.2 Å². The summed E-state index contributed by atoms with van der Waals surface area (Å²) in [6.07, 6.45) is 0. The number of hydrogen-bond acceptors (Lipinski definition) is 4. The van der Waals surface area contributed by atoms with Crippen LogP contribution in [0.3, 0.4) is 0 Å². The van der Waals surface area contributed by atoms with Gasteiger partial charge >= 0.3 is 0 Å². The second-order valence-corrected chi connectivity index (χ2v) is 10.4. The number of halogens is 2. The molecule has 4 aromatic carbocycles. The molecular formula is C32H25Cl2N3O3. The minimum Gasteiger partial charge on any atom is -0.497 e. The van der Waals surface area contributed by atoms with Gasteiger partial charge in [0.25, 0.3) is 5.91 Å². The van der Waals surface area contributed by atoms with E-state index in [0.717, 1.165) is 45.0 Å². The maximum Gasteiger partial charge on any atom is 0.273 e. The SMILES string of the molecule is COc1ccc(CN2C(=O)c3[nH]nc(-c4ccc(Cl)cc4)c3C2c2ccc(OCc3ccc(Cl)cc3)cc2)cc1. The number of fused-ring (bicyclic) bond motifs is 1. The molecule has 8 heteroatoms. The van der Waals surface area contributed by atoms with Crippen LogP contribution in [0.5, 0.6) is 11.5 Å². The van der Waals surface area contributed by atoms with E-state index in [2.05, 4.69) is 10.2 Å². The number of aromatic amines is 1. The zero-order valence-electron chi connectivity index (χ0n) is 21.6. The van der Waals surface area contributed by atoms with Gasteiger partial charge in [-0.1, -0.05) is 71.7 Å². The Morgan fingerprint density at radius 1 is 0.800 bits per heavy atom. The summed E-state index contributed by atoms with van der Waals surface area (Å²) in [5.74, 6) is 1.39. The van der Waals surface area contributed by atoms with Crippen molar-refractivity contribution in [3.05, 3.63) is 135 Å². The predicted molar refractivity (Wildman–Crippen MR) is 156 cm³/mol. The first kappa shape index (κ1) is 26.0. The zero-order valence-corrected chi connectivity index (χ0v) is 23.1. The van der Waals surface area contributed by atoms with Crippen LogP contribution in [0, 0.1) is 0 Å². The number of carbonyl (C=O) groups excluding carboxylic acids is 1. The number of nitrogens with one attached hydrogen (secondary N) is 1. The summed E-state index contributed by atoms with van der Waals surface area (Å²) < 4.78 is 11.3. The van der Waals surface area contributed by atoms with Crippen molar-refractivity contribution in [3.63, 3.8) is 0 Å². The summed E-state index contributed by atoms with van der Waals surface area (Å²) in [6.45, 7) is 0.847. The van der Waals surface area contributed by atoms with Gasteiger partial charge in [0.15, 0.2) is 0 Å². The Hall–Kier alpha value is -4.26. The summed E-state index contributed by atoms with van der Waals surface area (Å²) in [6, 6.07) is 30.3. The third-order valence-corrected chi connectivity index (χ3v) is 7.51. The van der Waals surface area contributed by atoms with E-state index in [1.807, 2.05) is 102 Å². The lowest BCUT2D eigenvalue weighted by atomic mass is 9.96. The van der Waals surface area contributed by atoms with Gasteiger partial charge in [0.05, 0.1) is 18.8 Å². The highest BCUT2D eigenvalue weighted by atomic mass is 35.5. The first-order valence-electron chi connectivity index (χ1n) is 12.8. The normalized spacial score (nSPS) is 14.3. The molecule has 0 fully saturated rings. The van der Waals surface area contributed by atoms with Gasteiger partial charge < -0.3 is 14.4 Å². The van der Waals surface area contributed by atoms with Crippen molar-refractivity contribution < 1.29 is 14.3 Å². The van der Waals surface area contributed by atoms with Crippen molar-refractivity contribution in [2.75, 3.05) is 7.11 Å². The number of amides is 1. The Morgan fingerprint density at radius 2 is 1.40 bits per heavy atom. The lowest BCUT2D eigenvalue weighted by molar-refractivity contribution is 0.0730. The molecule has 1 N–H and O–H groups in total. The van der Waals surface area contributed by atoms with E-state index in [-0.39, 0.29) is 11.9 Å². The highest BCUT2D eigenvalue weighted by molar-refractivity contribution is 6.30. The second-order valence-electron chi connectivity index (χ2n) is 9.54. The van der Waals surface area contributed by atoms with E-state index < -0.39 is 0 Å². The quantitative estimate of drug-likeness (QED) is 0.208. The van der Waals surface area contributed by atoms with Crippen LogP contribution < -0.4 is 9.47 Å². The molecule has 1 atom stereocenters. The Bertz CT molecular complexity index is 1630. The molecule has 0 radical (unpaired) electrons. The summed E-state index contributed by atoms with van der Waals surface area (Å²) >= 11 is 12.1. The minimum absolute atomic E-state index is 0.105. The fourth-order valence-electron chi connectivity index (χ4n) is 4.96. The fourth-order valence-corrected chi connectivity index (χ4v) is 5.21. The van der Waals surface area contributed by atoms with Crippen molar-refractivity contribution in [3.8, 4) is 22.8 Å². The third-order valence-electron chi connectivity index (χ3n) is 7.01. The van der Waals surface area contributed by atoms with Crippen LogP contribution >= 0.6 is 23.2 Å². The number of hydrogen-bond donors (Lipinski definition) is 1. The molecule has 0 saturated heterocycles. The lowest BCUT2D eigenvalue weighted by Crippen LogP contribution is -2.29. The smallest absolute Gasteiger partial charge is 0.273 e. The van der Waals surface area contributed by atoms with Crippen LogP contribution in [-0.4, -0.2) is 28.1 Å². The lowest BCUT2D eigenvalue weighted by Gasteiger charge is -2.27. The van der Waals surface area contributed by atoms with Gasteiger partial charge in [0, 0.05) is 27.7 Å². The van der Waals surface area contributed by atoms with E-state index >= 15 is 0 Å². The molecule has 0 saturated carbocycles. The highest BCUT2D eigenvalue weighted by Crippen LogP contribution is 2.44. The number of H-pyrrole nitrogens is 1. The van der Waals surface area contributed by atoms with Gasteiger partial charge in [-0.25, -0.2) is 0 Å². The van der Waals surface area contributed by atoms with Crippen LogP contribution in [0.4, 0.5) is 0 Å². The van der Waals surface area contributed by atoms with Gasteiger partial charge in [-0.15, -0.1) is 0 Å². The topological polar surface area (TPSA) is 67.5 Å². The maximum absolute atomic E-state index is 13.7. The summed E-state index contributed by atoms with van der Waals surface area (Å²) in [5.41, 5.74) is 5.92. The van der Waals surface area contributed by atoms with Crippen LogP contribution in [0.1, 0.15) is 38.8 Å². The molecule has 1 aliphatic heterocycles. The molecule has 2 heterocycles. The van der Waals surface area contributed by atoms with Crippen LogP contribution in [-0.2, 0) is 13.2 Å². The number of carbonyl (C=O) groups is 1. The molecule has 1 aliphatic rings. The molecule has 6 rings (SSSR count). The van der Waals surface area contributed by atoms with E-state index in [1.165, 1.54) is 0 Å². The molecule has 1 amide bonds. The summed E-state index contributed by atoms with van der Waals surface area (Å²) in [5, 5.41) is 8.88. The van der Waals surface area contributed by atoms with Gasteiger partial charge in [-0.2, -0.15) is 5.10 Å². The fraction of sp³-hybridized carbons (Fsp3) is 0.125. The Morgan fingerprint density at radius 3 is 2.05 bits per heavy atom. The Balaban J connectivity index is 1.33. The molecule has 200 valence electrons. The standard InChI is InChI=1S/C32H25Cl2N3O3/c1-39-26-14-4-20(5-15-26)18-37-31(23-8-16-27(17-9-23)40-19-21-2-10-24(33)11-3-21)28-29(35-36-30(28)32(37)38)22-6-12-25(34)13-7-22/h2-17,31H,18-19H2,1H3,(H,35,36). The molecule has 0 aliphatic carbocycles. The molecule has 0 spiro atoms. The number of rotatable bonds is 8. The molecule has 1 unspecified atom stereocenters. The number of methoxy groups -OCH3 is 1. The monoisotopic (exact) mass is 569 g/mol. The van der Waals surface area contributed by atoms with E-state index in [0.29, 0.717) is 28.9 Å². The molecule has 0 bridgehead atoms. The zero-order chi connectivity index (χ0) is 27.6. The van der Waals surface area contributed by atoms with E-state index in [4.69, 9.17) is 32.7 Å². The summed E-state index contributed by atoms with van der Waals surface area (Å²) in [7, 11) is 1.63. The van der Waals surface area contributed by atoms with Crippen LogP contribution in [0.15, 0.2) is 97.1 Å². The Labute approximate surface area is 242 Å². The van der Waals surface area contributed by atoms with E-state index in [9.17, 15) is 4.79 Å². The van der Waals surface area contributed by atoms with Crippen LogP contribution in [0.25, 0.3) is 11.3 Å². The number of benzene rings is 4. The first-order chi connectivity index (χ1) is 19.5. The largest absolute Gasteiger partial charge is 0.497 e. The van der Waals surface area contributed by atoms with Crippen molar-refractivity contribution >= 4 is 29.1 Å². The second kappa shape index (κ2) is 11.1. The van der Waals surface area contributed by atoms with Gasteiger partial charge in [-0.3, -0.25) is 9.89 Å². The first-order valence-corrected chi connectivity index (χ1v) is 13.5. The number of aromatic nitrogens is 2. The Kier molecular flexibility index (Phi) is 7.20. The summed E-state index contributed by atoms with van der Waals surface area (Å²) in [4.78, 5) is 15.6. The number of ether oxygens (including phenoxy) is 2. The molecule has 40 heavy (non-hydrogen) atoms.